The predicted octanol–water partition coefficient (Wildman–Crippen LogP) is 4.09. The smallest absolute Gasteiger partial charge is 0.261 e. The minimum Gasteiger partial charge on any atom is -0.484 e. The molecule has 0 heterocycles. The number of hydrogen-bond acceptors (Lipinski definition) is 3. The second kappa shape index (κ2) is 11.5. The van der Waals surface area contributed by atoms with Gasteiger partial charge >= 0.3 is 0 Å². The molecule has 0 saturated heterocycles. The Morgan fingerprint density at radius 1 is 1.10 bits per heavy atom. The van der Waals surface area contributed by atoms with Crippen molar-refractivity contribution in [2.24, 2.45) is 0 Å². The molecular formula is C23H29ClN2O3. The van der Waals surface area contributed by atoms with Gasteiger partial charge in [0.05, 0.1) is 0 Å². The van der Waals surface area contributed by atoms with Crippen LogP contribution in [-0.2, 0) is 16.0 Å². The fraction of sp³-hybridized carbons (Fsp3) is 0.391. The number of carbonyl (C=O) groups excluding carboxylic acids is 2. The summed E-state index contributed by atoms with van der Waals surface area (Å²) in [5.41, 5.74) is 1.11. The highest BCUT2D eigenvalue weighted by Crippen LogP contribution is 2.17. The maximum Gasteiger partial charge on any atom is 0.261 e. The molecule has 0 aromatic heterocycles. The molecule has 2 atom stereocenters. The zero-order valence-electron chi connectivity index (χ0n) is 17.2. The van der Waals surface area contributed by atoms with Gasteiger partial charge in [-0.15, -0.1) is 0 Å². The fourth-order valence-corrected chi connectivity index (χ4v) is 3.00. The van der Waals surface area contributed by atoms with E-state index < -0.39 is 6.04 Å². The van der Waals surface area contributed by atoms with Crippen molar-refractivity contribution in [1.29, 1.82) is 0 Å². The summed E-state index contributed by atoms with van der Waals surface area (Å²) >= 11 is 5.97. The van der Waals surface area contributed by atoms with E-state index in [-0.39, 0.29) is 24.5 Å². The Morgan fingerprint density at radius 3 is 2.48 bits per heavy atom. The lowest BCUT2D eigenvalue weighted by Gasteiger charge is -2.29. The molecule has 1 N–H and O–H groups in total. The summed E-state index contributed by atoms with van der Waals surface area (Å²) in [6.45, 7) is 5.97. The van der Waals surface area contributed by atoms with Gasteiger partial charge in [0.2, 0.25) is 5.91 Å². The minimum absolute atomic E-state index is 0.0544. The van der Waals surface area contributed by atoms with Crippen LogP contribution in [0.15, 0.2) is 54.6 Å². The third-order valence-corrected chi connectivity index (χ3v) is 5.05. The molecule has 2 aromatic carbocycles. The average Bonchev–Trinajstić information content (AvgIpc) is 2.72. The summed E-state index contributed by atoms with van der Waals surface area (Å²) in [4.78, 5) is 27.1. The highest BCUT2D eigenvalue weighted by molar-refractivity contribution is 6.30. The van der Waals surface area contributed by atoms with Crippen LogP contribution in [0.4, 0.5) is 0 Å². The summed E-state index contributed by atoms with van der Waals surface area (Å²) in [7, 11) is 0. The Bertz CT molecular complexity index is 798. The Balaban J connectivity index is 2.07. The van der Waals surface area contributed by atoms with E-state index in [1.54, 1.807) is 36.1 Å². The van der Waals surface area contributed by atoms with Gasteiger partial charge in [-0.2, -0.15) is 0 Å². The normalized spacial score (nSPS) is 12.7. The molecule has 2 aromatic rings. The number of hydrogen-bond donors (Lipinski definition) is 1. The number of carbonyl (C=O) groups is 2. The highest BCUT2D eigenvalue weighted by Gasteiger charge is 2.26. The lowest BCUT2D eigenvalue weighted by atomic mass is 10.1. The van der Waals surface area contributed by atoms with Crippen LogP contribution < -0.4 is 10.1 Å². The summed E-state index contributed by atoms with van der Waals surface area (Å²) in [5.74, 6) is 0.113. The van der Waals surface area contributed by atoms with Gasteiger partial charge in [0.1, 0.15) is 11.8 Å². The van der Waals surface area contributed by atoms with E-state index in [1.807, 2.05) is 44.2 Å². The Labute approximate surface area is 178 Å². The average molecular weight is 417 g/mol. The van der Waals surface area contributed by atoms with Crippen LogP contribution in [0.1, 0.15) is 32.8 Å². The number of halogens is 1. The summed E-state index contributed by atoms with van der Waals surface area (Å²) in [5, 5.41) is 3.49. The molecule has 2 rings (SSSR count). The van der Waals surface area contributed by atoms with Gasteiger partial charge in [0, 0.05) is 17.6 Å². The van der Waals surface area contributed by atoms with Crippen molar-refractivity contribution in [3.05, 3.63) is 65.2 Å². The van der Waals surface area contributed by atoms with Crippen molar-refractivity contribution in [2.45, 2.75) is 45.7 Å². The van der Waals surface area contributed by atoms with E-state index in [9.17, 15) is 9.59 Å². The van der Waals surface area contributed by atoms with Crippen LogP contribution in [0, 0.1) is 0 Å². The molecule has 5 nitrogen and oxygen atoms in total. The minimum atomic E-state index is -0.594. The van der Waals surface area contributed by atoms with Crippen LogP contribution in [0.3, 0.4) is 0 Å². The Hall–Kier alpha value is -2.53. The second-order valence-electron chi connectivity index (χ2n) is 7.06. The second-order valence-corrected chi connectivity index (χ2v) is 7.50. The fourth-order valence-electron chi connectivity index (χ4n) is 2.82. The molecule has 6 heteroatoms. The monoisotopic (exact) mass is 416 g/mol. The van der Waals surface area contributed by atoms with E-state index >= 15 is 0 Å². The molecule has 0 unspecified atom stereocenters. The van der Waals surface area contributed by atoms with E-state index in [4.69, 9.17) is 16.3 Å². The van der Waals surface area contributed by atoms with Gasteiger partial charge < -0.3 is 15.0 Å². The molecule has 29 heavy (non-hydrogen) atoms. The number of ether oxygens (including phenoxy) is 1. The third-order valence-electron chi connectivity index (χ3n) is 4.81. The van der Waals surface area contributed by atoms with Crippen molar-refractivity contribution >= 4 is 23.4 Å². The zero-order valence-corrected chi connectivity index (χ0v) is 18.0. The van der Waals surface area contributed by atoms with Crippen molar-refractivity contribution in [1.82, 2.24) is 10.2 Å². The van der Waals surface area contributed by atoms with E-state index in [2.05, 4.69) is 5.32 Å². The summed E-state index contributed by atoms with van der Waals surface area (Å²) in [6.07, 6.45) is 1.49. The molecule has 0 spiro atoms. The number of nitrogens with one attached hydrogen (secondary N) is 1. The standard InChI is InChI=1S/C23H29ClN2O3/c1-4-17(2)25-23(28)18(3)26(14-13-19-9-6-5-7-10-19)22(27)16-29-21-12-8-11-20(24)15-21/h5-12,15,17-18H,4,13-14,16H2,1-3H3,(H,25,28)/t17-,18-/m1/s1. The van der Waals surface area contributed by atoms with Gasteiger partial charge in [-0.1, -0.05) is 54.9 Å². The molecule has 156 valence electrons. The Morgan fingerprint density at radius 2 is 1.83 bits per heavy atom. The van der Waals surface area contributed by atoms with Gasteiger partial charge in [-0.3, -0.25) is 9.59 Å². The summed E-state index contributed by atoms with van der Waals surface area (Å²) < 4.78 is 5.61. The van der Waals surface area contributed by atoms with Crippen LogP contribution in [0.2, 0.25) is 5.02 Å². The predicted molar refractivity (Wildman–Crippen MR) is 116 cm³/mol. The van der Waals surface area contributed by atoms with Crippen molar-refractivity contribution in [2.75, 3.05) is 13.2 Å². The molecule has 0 saturated carbocycles. The van der Waals surface area contributed by atoms with Crippen LogP contribution in [0.5, 0.6) is 5.75 Å². The van der Waals surface area contributed by atoms with E-state index in [0.29, 0.717) is 23.7 Å². The van der Waals surface area contributed by atoms with E-state index in [1.165, 1.54) is 0 Å². The lowest BCUT2D eigenvalue weighted by molar-refractivity contribution is -0.141. The third kappa shape index (κ3) is 7.42. The maximum atomic E-state index is 12.9. The molecule has 0 aliphatic rings. The molecule has 0 radical (unpaired) electrons. The first-order chi connectivity index (χ1) is 13.9. The Kier molecular flexibility index (Phi) is 9.00. The largest absolute Gasteiger partial charge is 0.484 e. The molecule has 0 bridgehead atoms. The summed E-state index contributed by atoms with van der Waals surface area (Å²) in [6, 6.07) is 16.3. The SMILES string of the molecule is CC[C@@H](C)NC(=O)[C@@H](C)N(CCc1ccccc1)C(=O)COc1cccc(Cl)c1. The quantitative estimate of drug-likeness (QED) is 0.634. The van der Waals surface area contributed by atoms with Gasteiger partial charge in [-0.05, 0) is 50.5 Å². The van der Waals surface area contributed by atoms with Gasteiger partial charge in [0.25, 0.3) is 5.91 Å². The molecule has 0 aliphatic heterocycles. The van der Waals surface area contributed by atoms with Crippen LogP contribution >= 0.6 is 11.6 Å². The molecule has 0 aliphatic carbocycles. The highest BCUT2D eigenvalue weighted by atomic mass is 35.5. The number of rotatable bonds is 10. The topological polar surface area (TPSA) is 58.6 Å². The first-order valence-electron chi connectivity index (χ1n) is 9.92. The van der Waals surface area contributed by atoms with Crippen molar-refractivity contribution < 1.29 is 14.3 Å². The molecule has 0 fully saturated rings. The van der Waals surface area contributed by atoms with Gasteiger partial charge in [-0.25, -0.2) is 0 Å². The first kappa shape index (κ1) is 22.8. The number of amides is 2. The zero-order chi connectivity index (χ0) is 21.2. The molecule has 2 amide bonds. The lowest BCUT2D eigenvalue weighted by Crippen LogP contribution is -2.51. The maximum absolute atomic E-state index is 12.9. The van der Waals surface area contributed by atoms with E-state index in [0.717, 1.165) is 12.0 Å². The number of nitrogens with zero attached hydrogens (tertiary/aromatic N) is 1. The number of benzene rings is 2. The van der Waals surface area contributed by atoms with Crippen molar-refractivity contribution in [3.63, 3.8) is 0 Å². The molecular weight excluding hydrogens is 388 g/mol. The van der Waals surface area contributed by atoms with Crippen LogP contribution in [-0.4, -0.2) is 41.9 Å². The van der Waals surface area contributed by atoms with Gasteiger partial charge in [0.15, 0.2) is 6.61 Å². The van der Waals surface area contributed by atoms with Crippen molar-refractivity contribution in [3.8, 4) is 5.75 Å². The first-order valence-corrected chi connectivity index (χ1v) is 10.3. The van der Waals surface area contributed by atoms with Crippen LogP contribution in [0.25, 0.3) is 0 Å².